The summed E-state index contributed by atoms with van der Waals surface area (Å²) in [5, 5.41) is 2.63. The van der Waals surface area contributed by atoms with Crippen molar-refractivity contribution in [3.63, 3.8) is 0 Å². The Labute approximate surface area is 205 Å². The Bertz CT molecular complexity index is 1120. The van der Waals surface area contributed by atoms with Gasteiger partial charge in [0, 0.05) is 12.0 Å². The van der Waals surface area contributed by atoms with Crippen molar-refractivity contribution < 1.29 is 28.6 Å². The maximum Gasteiger partial charge on any atom is 0.408 e. The fourth-order valence-electron chi connectivity index (χ4n) is 3.15. The van der Waals surface area contributed by atoms with E-state index in [1.54, 1.807) is 57.2 Å². The van der Waals surface area contributed by atoms with Gasteiger partial charge in [0.1, 0.15) is 36.0 Å². The van der Waals surface area contributed by atoms with Crippen LogP contribution in [0, 0.1) is 0 Å². The Morgan fingerprint density at radius 3 is 2.03 bits per heavy atom. The van der Waals surface area contributed by atoms with E-state index in [0.717, 1.165) is 17.4 Å². The van der Waals surface area contributed by atoms with E-state index in [2.05, 4.69) is 5.32 Å². The van der Waals surface area contributed by atoms with Crippen molar-refractivity contribution in [2.45, 2.75) is 45.4 Å². The van der Waals surface area contributed by atoms with Crippen LogP contribution in [0.4, 0.5) is 4.79 Å². The minimum Gasteiger partial charge on any atom is -0.459 e. The number of benzene rings is 3. The average molecular weight is 476 g/mol. The minimum absolute atomic E-state index is 0.0991. The maximum absolute atomic E-state index is 12.8. The van der Waals surface area contributed by atoms with Crippen LogP contribution < -0.4 is 10.1 Å². The fraction of sp³-hybridized carbons (Fsp3) is 0.250. The first-order valence-corrected chi connectivity index (χ1v) is 11.2. The van der Waals surface area contributed by atoms with Crippen LogP contribution in [0.2, 0.25) is 0 Å². The molecule has 3 aromatic rings. The lowest BCUT2D eigenvalue weighted by Gasteiger charge is -2.23. The third kappa shape index (κ3) is 8.62. The predicted octanol–water partition coefficient (Wildman–Crippen LogP) is 5.47. The van der Waals surface area contributed by atoms with Crippen LogP contribution >= 0.6 is 0 Å². The molecule has 7 heteroatoms. The highest BCUT2D eigenvalue weighted by atomic mass is 16.6. The summed E-state index contributed by atoms with van der Waals surface area (Å²) in [6.07, 6.45) is 0.282. The Morgan fingerprint density at radius 2 is 1.46 bits per heavy atom. The molecule has 1 atom stereocenters. The van der Waals surface area contributed by atoms with Crippen molar-refractivity contribution >= 4 is 18.3 Å². The zero-order valence-corrected chi connectivity index (χ0v) is 20.0. The summed E-state index contributed by atoms with van der Waals surface area (Å²) in [4.78, 5) is 36.0. The van der Waals surface area contributed by atoms with Crippen molar-refractivity contribution in [3.05, 3.63) is 95.6 Å². The second kappa shape index (κ2) is 11.8. The first kappa shape index (κ1) is 25.5. The number of rotatable bonds is 9. The lowest BCUT2D eigenvalue weighted by Crippen LogP contribution is -2.45. The highest BCUT2D eigenvalue weighted by Gasteiger charge is 2.26. The molecule has 0 fully saturated rings. The van der Waals surface area contributed by atoms with E-state index in [1.165, 1.54) is 0 Å². The van der Waals surface area contributed by atoms with Crippen LogP contribution in [-0.2, 0) is 27.3 Å². The minimum atomic E-state index is -0.934. The molecule has 3 rings (SSSR count). The van der Waals surface area contributed by atoms with Gasteiger partial charge in [-0.1, -0.05) is 42.5 Å². The van der Waals surface area contributed by atoms with Crippen molar-refractivity contribution in [2.75, 3.05) is 0 Å². The molecule has 0 unspecified atom stereocenters. The molecule has 35 heavy (non-hydrogen) atoms. The zero-order valence-electron chi connectivity index (χ0n) is 20.0. The van der Waals surface area contributed by atoms with Crippen LogP contribution in [-0.4, -0.2) is 30.0 Å². The maximum atomic E-state index is 12.8. The van der Waals surface area contributed by atoms with Crippen LogP contribution in [0.15, 0.2) is 78.9 Å². The summed E-state index contributed by atoms with van der Waals surface area (Å²) in [6.45, 7) is 5.35. The Hall–Kier alpha value is -4.13. The molecular weight excluding hydrogens is 446 g/mol. The van der Waals surface area contributed by atoms with Crippen LogP contribution in [0.25, 0.3) is 0 Å². The monoisotopic (exact) mass is 475 g/mol. The van der Waals surface area contributed by atoms with Crippen LogP contribution in [0.1, 0.15) is 42.3 Å². The Kier molecular flexibility index (Phi) is 8.62. The molecule has 1 N–H and O–H groups in total. The van der Waals surface area contributed by atoms with Gasteiger partial charge in [-0.2, -0.15) is 0 Å². The normalized spacial score (nSPS) is 11.7. The molecule has 0 bridgehead atoms. The van der Waals surface area contributed by atoms with Gasteiger partial charge >= 0.3 is 12.1 Å². The van der Waals surface area contributed by atoms with Crippen LogP contribution in [0.5, 0.6) is 11.5 Å². The first-order chi connectivity index (χ1) is 16.7. The molecule has 0 aliphatic carbocycles. The molecule has 7 nitrogen and oxygen atoms in total. The molecule has 1 amide bonds. The third-order valence-electron chi connectivity index (χ3n) is 4.81. The smallest absolute Gasteiger partial charge is 0.408 e. The molecule has 0 radical (unpaired) electrons. The van der Waals surface area contributed by atoms with Gasteiger partial charge in [0.2, 0.25) is 0 Å². The number of aldehydes is 1. The van der Waals surface area contributed by atoms with Gasteiger partial charge < -0.3 is 19.5 Å². The predicted molar refractivity (Wildman–Crippen MR) is 131 cm³/mol. The lowest BCUT2D eigenvalue weighted by atomic mass is 10.1. The molecule has 0 aliphatic heterocycles. The van der Waals surface area contributed by atoms with Gasteiger partial charge in [-0.15, -0.1) is 0 Å². The summed E-state index contributed by atoms with van der Waals surface area (Å²) in [5.41, 5.74) is 1.51. The zero-order chi connectivity index (χ0) is 25.3. The third-order valence-corrected chi connectivity index (χ3v) is 4.81. The lowest BCUT2D eigenvalue weighted by molar-refractivity contribution is -0.147. The number of hydrogen-bond acceptors (Lipinski definition) is 6. The van der Waals surface area contributed by atoms with Gasteiger partial charge in [-0.25, -0.2) is 9.59 Å². The number of carbonyl (C=O) groups excluding carboxylic acids is 3. The molecule has 0 aliphatic rings. The quantitative estimate of drug-likeness (QED) is 0.326. The summed E-state index contributed by atoms with van der Waals surface area (Å²) >= 11 is 0. The largest absolute Gasteiger partial charge is 0.459 e. The second-order valence-corrected chi connectivity index (χ2v) is 8.93. The Morgan fingerprint density at radius 1 is 0.857 bits per heavy atom. The van der Waals surface area contributed by atoms with Gasteiger partial charge in [0.05, 0.1) is 0 Å². The molecule has 182 valence electrons. The number of hydrogen-bond donors (Lipinski definition) is 1. The van der Waals surface area contributed by atoms with Gasteiger partial charge in [0.15, 0.2) is 0 Å². The summed E-state index contributed by atoms with van der Waals surface area (Å²) in [7, 11) is 0. The molecule has 3 aromatic carbocycles. The van der Waals surface area contributed by atoms with E-state index in [1.807, 2.05) is 42.5 Å². The molecule has 0 spiro atoms. The molecular formula is C28H29NO6. The van der Waals surface area contributed by atoms with E-state index < -0.39 is 23.7 Å². The van der Waals surface area contributed by atoms with E-state index in [9.17, 15) is 14.4 Å². The number of nitrogens with one attached hydrogen (secondary N) is 1. The van der Waals surface area contributed by atoms with Crippen molar-refractivity contribution in [1.82, 2.24) is 5.32 Å². The highest BCUT2D eigenvalue weighted by molar-refractivity contribution is 5.81. The number of carbonyl (C=O) groups is 3. The molecule has 0 saturated heterocycles. The SMILES string of the molecule is CC(C)(C)OC(=O)N[C@@H](Cc1ccc(Oc2ccc(C=O)cc2)cc1)C(=O)OCc1ccccc1. The number of amides is 1. The second-order valence-electron chi connectivity index (χ2n) is 8.93. The van der Waals surface area contributed by atoms with Crippen molar-refractivity contribution in [1.29, 1.82) is 0 Å². The summed E-state index contributed by atoms with van der Waals surface area (Å²) < 4.78 is 16.6. The molecule has 0 aromatic heterocycles. The molecule has 0 saturated carbocycles. The number of esters is 1. The topological polar surface area (TPSA) is 90.9 Å². The summed E-state index contributed by atoms with van der Waals surface area (Å²) in [5.74, 6) is 0.628. The molecule has 0 heterocycles. The number of ether oxygens (including phenoxy) is 3. The Balaban J connectivity index is 1.66. The van der Waals surface area contributed by atoms with Gasteiger partial charge in [0.25, 0.3) is 0 Å². The van der Waals surface area contributed by atoms with E-state index in [4.69, 9.17) is 14.2 Å². The van der Waals surface area contributed by atoms with Gasteiger partial charge in [-0.05, 0) is 68.3 Å². The summed E-state index contributed by atoms with van der Waals surface area (Å²) in [6, 6.07) is 22.3. The number of alkyl carbamates (subject to hydrolysis) is 1. The van der Waals surface area contributed by atoms with Gasteiger partial charge in [-0.3, -0.25) is 4.79 Å². The van der Waals surface area contributed by atoms with E-state index in [0.29, 0.717) is 17.1 Å². The average Bonchev–Trinajstić information content (AvgIpc) is 2.83. The standard InChI is InChI=1S/C28H29NO6/c1-28(2,3)35-27(32)29-25(26(31)33-19-22-7-5-4-6-8-22)17-20-9-13-23(14-10-20)34-24-15-11-21(18-30)12-16-24/h4-16,18,25H,17,19H2,1-3H3,(H,29,32)/t25-/m0/s1. The van der Waals surface area contributed by atoms with Crippen LogP contribution in [0.3, 0.4) is 0 Å². The van der Waals surface area contributed by atoms with Crippen molar-refractivity contribution in [2.24, 2.45) is 0 Å². The van der Waals surface area contributed by atoms with E-state index in [-0.39, 0.29) is 13.0 Å². The van der Waals surface area contributed by atoms with E-state index >= 15 is 0 Å². The first-order valence-electron chi connectivity index (χ1n) is 11.2. The highest BCUT2D eigenvalue weighted by Crippen LogP contribution is 2.22. The fourth-order valence-corrected chi connectivity index (χ4v) is 3.15. The van der Waals surface area contributed by atoms with Crippen molar-refractivity contribution in [3.8, 4) is 11.5 Å².